The minimum Gasteiger partial charge on any atom is -0.493 e. The van der Waals surface area contributed by atoms with Crippen molar-refractivity contribution in [2.75, 3.05) is 5.32 Å². The van der Waals surface area contributed by atoms with Crippen LogP contribution in [0.25, 0.3) is 10.9 Å². The minimum atomic E-state index is -0.0801. The Labute approximate surface area is 136 Å². The molecule has 3 N–H and O–H groups in total. The van der Waals surface area contributed by atoms with Gasteiger partial charge < -0.3 is 15.4 Å². The number of rotatable bonds is 2. The van der Waals surface area contributed by atoms with E-state index < -0.39 is 0 Å². The SMILES string of the molecule is Oc1[nH]c2ccc(Cl)cc2c1N=NC(=S)Nc1ccccc1. The van der Waals surface area contributed by atoms with E-state index >= 15 is 0 Å². The first-order valence-corrected chi connectivity index (χ1v) is 7.20. The van der Waals surface area contributed by atoms with Crippen LogP contribution in [0.2, 0.25) is 5.02 Å². The van der Waals surface area contributed by atoms with Crippen molar-refractivity contribution in [3.05, 3.63) is 53.6 Å². The summed E-state index contributed by atoms with van der Waals surface area (Å²) in [5, 5.41) is 22.2. The fraction of sp³-hybridized carbons (Fsp3) is 0. The molecule has 2 aromatic carbocycles. The lowest BCUT2D eigenvalue weighted by Gasteiger charge is -2.01. The van der Waals surface area contributed by atoms with Crippen molar-refractivity contribution in [1.29, 1.82) is 0 Å². The quantitative estimate of drug-likeness (QED) is 0.457. The van der Waals surface area contributed by atoms with Crippen LogP contribution < -0.4 is 5.32 Å². The molecule has 3 rings (SSSR count). The summed E-state index contributed by atoms with van der Waals surface area (Å²) in [6.45, 7) is 0. The smallest absolute Gasteiger partial charge is 0.218 e. The maximum atomic E-state index is 9.91. The number of benzene rings is 2. The van der Waals surface area contributed by atoms with Crippen molar-refractivity contribution in [2.45, 2.75) is 0 Å². The summed E-state index contributed by atoms with van der Waals surface area (Å²) < 4.78 is 0. The topological polar surface area (TPSA) is 72.8 Å². The second-order valence-corrected chi connectivity index (χ2v) is 5.33. The van der Waals surface area contributed by atoms with Gasteiger partial charge in [-0.25, -0.2) is 0 Å². The van der Waals surface area contributed by atoms with Gasteiger partial charge in [-0.05, 0) is 42.5 Å². The molecule has 1 aromatic heterocycles. The lowest BCUT2D eigenvalue weighted by molar-refractivity contribution is 0.459. The number of anilines is 1. The number of nitrogens with zero attached hydrogens (tertiary/aromatic N) is 2. The van der Waals surface area contributed by atoms with E-state index in [1.165, 1.54) is 0 Å². The van der Waals surface area contributed by atoms with Gasteiger partial charge in [0.1, 0.15) is 0 Å². The minimum absolute atomic E-state index is 0.0801. The van der Waals surface area contributed by atoms with Crippen molar-refractivity contribution in [2.24, 2.45) is 10.2 Å². The Balaban J connectivity index is 1.85. The largest absolute Gasteiger partial charge is 0.493 e. The van der Waals surface area contributed by atoms with Crippen LogP contribution in [-0.2, 0) is 0 Å². The Morgan fingerprint density at radius 3 is 2.73 bits per heavy atom. The summed E-state index contributed by atoms with van der Waals surface area (Å²) in [5.74, 6) is -0.0801. The molecule has 110 valence electrons. The van der Waals surface area contributed by atoms with Gasteiger partial charge in [-0.3, -0.25) is 0 Å². The zero-order chi connectivity index (χ0) is 15.5. The molecule has 0 saturated carbocycles. The van der Waals surface area contributed by atoms with Gasteiger partial charge in [-0.1, -0.05) is 29.8 Å². The number of H-pyrrole nitrogens is 1. The van der Waals surface area contributed by atoms with Crippen LogP contribution in [0.15, 0.2) is 58.8 Å². The van der Waals surface area contributed by atoms with E-state index in [-0.39, 0.29) is 11.0 Å². The number of fused-ring (bicyclic) bond motifs is 1. The number of aromatic amines is 1. The molecule has 0 spiro atoms. The Bertz CT molecular complexity index is 861. The molecule has 0 bridgehead atoms. The van der Waals surface area contributed by atoms with Gasteiger partial charge in [0.15, 0.2) is 5.69 Å². The third-order valence-corrected chi connectivity index (χ3v) is 3.40. The van der Waals surface area contributed by atoms with Gasteiger partial charge in [0.25, 0.3) is 0 Å². The number of aromatic nitrogens is 1. The summed E-state index contributed by atoms with van der Waals surface area (Å²) >= 11 is 11.1. The monoisotopic (exact) mass is 330 g/mol. The average Bonchev–Trinajstić information content (AvgIpc) is 2.81. The Morgan fingerprint density at radius 1 is 1.18 bits per heavy atom. The van der Waals surface area contributed by atoms with E-state index in [2.05, 4.69) is 20.5 Å². The van der Waals surface area contributed by atoms with E-state index in [0.717, 1.165) is 11.2 Å². The molecule has 3 aromatic rings. The highest BCUT2D eigenvalue weighted by molar-refractivity contribution is 7.80. The van der Waals surface area contributed by atoms with Crippen LogP contribution in [-0.4, -0.2) is 15.2 Å². The molecule has 0 amide bonds. The van der Waals surface area contributed by atoms with Crippen LogP contribution in [0.5, 0.6) is 5.88 Å². The third-order valence-electron chi connectivity index (χ3n) is 2.98. The zero-order valence-electron chi connectivity index (χ0n) is 11.2. The lowest BCUT2D eigenvalue weighted by Crippen LogP contribution is -2.04. The molecule has 0 saturated heterocycles. The van der Waals surface area contributed by atoms with E-state index in [0.29, 0.717) is 16.1 Å². The van der Waals surface area contributed by atoms with E-state index in [1.807, 2.05) is 30.3 Å². The number of halogens is 1. The van der Waals surface area contributed by atoms with Crippen molar-refractivity contribution < 1.29 is 5.11 Å². The number of hydrogen-bond acceptors (Lipinski definition) is 3. The Hall–Kier alpha value is -2.44. The van der Waals surface area contributed by atoms with Gasteiger partial charge in [-0.2, -0.15) is 0 Å². The first kappa shape index (κ1) is 14.5. The number of thiocarbonyl (C=S) groups is 1. The van der Waals surface area contributed by atoms with Crippen LogP contribution in [0.4, 0.5) is 11.4 Å². The Morgan fingerprint density at radius 2 is 1.95 bits per heavy atom. The first-order valence-electron chi connectivity index (χ1n) is 6.41. The van der Waals surface area contributed by atoms with E-state index in [4.69, 9.17) is 23.8 Å². The van der Waals surface area contributed by atoms with Crippen molar-refractivity contribution in [3.63, 3.8) is 0 Å². The fourth-order valence-electron chi connectivity index (χ4n) is 2.00. The Kier molecular flexibility index (Phi) is 4.04. The molecular weight excluding hydrogens is 320 g/mol. The van der Waals surface area contributed by atoms with Gasteiger partial charge >= 0.3 is 0 Å². The average molecular weight is 331 g/mol. The highest BCUT2D eigenvalue weighted by Gasteiger charge is 2.10. The van der Waals surface area contributed by atoms with Crippen molar-refractivity contribution >= 4 is 51.2 Å². The number of para-hydroxylation sites is 1. The molecule has 0 aliphatic carbocycles. The van der Waals surface area contributed by atoms with Crippen LogP contribution in [0, 0.1) is 0 Å². The number of nitrogens with one attached hydrogen (secondary N) is 2. The summed E-state index contributed by atoms with van der Waals surface area (Å²) in [4.78, 5) is 2.81. The molecule has 0 atom stereocenters. The molecule has 0 radical (unpaired) electrons. The molecule has 5 nitrogen and oxygen atoms in total. The predicted molar refractivity (Wildman–Crippen MR) is 92.2 cm³/mol. The lowest BCUT2D eigenvalue weighted by atomic mass is 10.2. The summed E-state index contributed by atoms with van der Waals surface area (Å²) in [5.41, 5.74) is 1.84. The van der Waals surface area contributed by atoms with Crippen LogP contribution in [0.1, 0.15) is 0 Å². The number of aromatic hydroxyl groups is 1. The zero-order valence-corrected chi connectivity index (χ0v) is 12.8. The predicted octanol–water partition coefficient (Wildman–Crippen LogP) is 5.01. The first-order chi connectivity index (χ1) is 10.6. The molecule has 1 heterocycles. The second-order valence-electron chi connectivity index (χ2n) is 4.51. The third kappa shape index (κ3) is 3.08. The maximum absolute atomic E-state index is 9.91. The van der Waals surface area contributed by atoms with E-state index in [9.17, 15) is 5.11 Å². The van der Waals surface area contributed by atoms with Crippen molar-refractivity contribution in [1.82, 2.24) is 4.98 Å². The van der Waals surface area contributed by atoms with Crippen LogP contribution in [0.3, 0.4) is 0 Å². The number of hydrogen-bond donors (Lipinski definition) is 3. The fourth-order valence-corrected chi connectivity index (χ4v) is 2.33. The summed E-state index contributed by atoms with van der Waals surface area (Å²) in [6, 6.07) is 14.6. The normalized spacial score (nSPS) is 11.1. The van der Waals surface area contributed by atoms with Gasteiger partial charge in [0.05, 0.1) is 5.52 Å². The molecule has 0 unspecified atom stereocenters. The van der Waals surface area contributed by atoms with Crippen molar-refractivity contribution in [3.8, 4) is 5.88 Å². The van der Waals surface area contributed by atoms with Gasteiger partial charge in [0, 0.05) is 16.1 Å². The maximum Gasteiger partial charge on any atom is 0.218 e. The van der Waals surface area contributed by atoms with Gasteiger partial charge in [-0.15, -0.1) is 10.2 Å². The highest BCUT2D eigenvalue weighted by Crippen LogP contribution is 2.36. The highest BCUT2D eigenvalue weighted by atomic mass is 35.5. The standard InChI is InChI=1S/C15H11ClN4OS/c16-9-6-7-12-11(8-9)13(14(21)18-12)19-20-15(22)17-10-4-2-1-3-5-10/h1-8,18,21H,(H,17,22). The molecule has 0 aliphatic heterocycles. The molecule has 0 aliphatic rings. The molecule has 0 fully saturated rings. The number of azo groups is 1. The van der Waals surface area contributed by atoms with Crippen LogP contribution >= 0.6 is 23.8 Å². The molecule has 22 heavy (non-hydrogen) atoms. The molecular formula is C15H11ClN4OS. The second kappa shape index (κ2) is 6.13. The van der Waals surface area contributed by atoms with Gasteiger partial charge in [0.2, 0.25) is 11.0 Å². The molecule has 7 heteroatoms. The van der Waals surface area contributed by atoms with E-state index in [1.54, 1.807) is 18.2 Å². The summed E-state index contributed by atoms with van der Waals surface area (Å²) in [7, 11) is 0. The summed E-state index contributed by atoms with van der Waals surface area (Å²) in [6.07, 6.45) is 0.